The van der Waals surface area contributed by atoms with Gasteiger partial charge in [-0.1, -0.05) is 10.9 Å². The molecule has 0 unspecified atom stereocenters. The monoisotopic (exact) mass is 256 g/mol. The first-order valence-corrected chi connectivity index (χ1v) is 5.43. The van der Waals surface area contributed by atoms with Gasteiger partial charge in [0.05, 0.1) is 5.41 Å². The van der Waals surface area contributed by atoms with Gasteiger partial charge in [0.15, 0.2) is 11.6 Å². The zero-order valence-corrected chi connectivity index (χ0v) is 11.0. The lowest BCUT2D eigenvalue weighted by Crippen LogP contribution is -2.35. The van der Waals surface area contributed by atoms with Crippen molar-refractivity contribution in [1.82, 2.24) is 0 Å². The Morgan fingerprint density at radius 2 is 1.44 bits per heavy atom. The standard InChI is InChI=1S/C11H13B2F3O2/c1-11(2,3)10(17)18-9-7(15)5(13)4(12)6(14)8(9)16/h12-13H2,1-3H3. The largest absolute Gasteiger partial charge is 0.420 e. The van der Waals surface area contributed by atoms with E-state index in [4.69, 9.17) is 0 Å². The van der Waals surface area contributed by atoms with Crippen LogP contribution in [0.1, 0.15) is 20.8 Å². The van der Waals surface area contributed by atoms with Crippen LogP contribution in [0.5, 0.6) is 5.75 Å². The van der Waals surface area contributed by atoms with Gasteiger partial charge in [-0.25, -0.2) is 8.78 Å². The van der Waals surface area contributed by atoms with Crippen LogP contribution >= 0.6 is 0 Å². The molecule has 0 atom stereocenters. The second kappa shape index (κ2) is 4.71. The number of carbonyl (C=O) groups is 1. The topological polar surface area (TPSA) is 26.3 Å². The SMILES string of the molecule is Bc1c(B)c(F)c(OC(=O)C(C)(C)C)c(F)c1F. The fourth-order valence-corrected chi connectivity index (χ4v) is 1.20. The van der Waals surface area contributed by atoms with Gasteiger partial charge in [-0.05, 0) is 20.8 Å². The Balaban J connectivity index is 3.31. The number of hydrogen-bond donors (Lipinski definition) is 0. The summed E-state index contributed by atoms with van der Waals surface area (Å²) in [7, 11) is 2.55. The minimum atomic E-state index is -1.48. The van der Waals surface area contributed by atoms with Crippen LogP contribution < -0.4 is 15.7 Å². The van der Waals surface area contributed by atoms with Crippen molar-refractivity contribution in [2.45, 2.75) is 20.8 Å². The molecule has 0 heterocycles. The molecule has 18 heavy (non-hydrogen) atoms. The molecule has 0 N–H and O–H groups in total. The first-order chi connectivity index (χ1) is 8.07. The molecular weight excluding hydrogens is 243 g/mol. The van der Waals surface area contributed by atoms with Gasteiger partial charge in [-0.3, -0.25) is 4.79 Å². The van der Waals surface area contributed by atoms with E-state index in [2.05, 4.69) is 4.74 Å². The molecule has 2 nitrogen and oxygen atoms in total. The van der Waals surface area contributed by atoms with E-state index in [0.29, 0.717) is 0 Å². The van der Waals surface area contributed by atoms with Gasteiger partial charge in [-0.2, -0.15) is 4.39 Å². The quantitative estimate of drug-likeness (QED) is 0.295. The van der Waals surface area contributed by atoms with Crippen LogP contribution in [0, 0.1) is 22.9 Å². The maximum absolute atomic E-state index is 13.8. The molecule has 0 fully saturated rings. The second-order valence-electron chi connectivity index (χ2n) is 5.16. The molecule has 96 valence electrons. The van der Waals surface area contributed by atoms with Gasteiger partial charge in [0.1, 0.15) is 15.7 Å². The molecule has 1 aromatic carbocycles. The van der Waals surface area contributed by atoms with Crippen LogP contribution in [-0.2, 0) is 4.79 Å². The van der Waals surface area contributed by atoms with Crippen molar-refractivity contribution in [3.05, 3.63) is 17.5 Å². The number of esters is 1. The van der Waals surface area contributed by atoms with E-state index in [1.807, 2.05) is 0 Å². The number of rotatable bonds is 1. The smallest absolute Gasteiger partial charge is 0.316 e. The average molecular weight is 256 g/mol. The van der Waals surface area contributed by atoms with Crippen LogP contribution in [-0.4, -0.2) is 21.7 Å². The lowest BCUT2D eigenvalue weighted by Gasteiger charge is -2.18. The molecule has 0 saturated carbocycles. The van der Waals surface area contributed by atoms with E-state index in [0.717, 1.165) is 0 Å². The molecule has 0 spiro atoms. The Kier molecular flexibility index (Phi) is 3.84. The molecule has 7 heteroatoms. The van der Waals surface area contributed by atoms with Crippen LogP contribution in [0.2, 0.25) is 0 Å². The zero-order valence-electron chi connectivity index (χ0n) is 11.0. The minimum Gasteiger partial charge on any atom is -0.420 e. The van der Waals surface area contributed by atoms with Crippen molar-refractivity contribution < 1.29 is 22.7 Å². The highest BCUT2D eigenvalue weighted by Gasteiger charge is 2.29. The van der Waals surface area contributed by atoms with E-state index in [1.165, 1.54) is 36.5 Å². The molecular formula is C11H13B2F3O2. The summed E-state index contributed by atoms with van der Waals surface area (Å²) in [6, 6.07) is 0. The maximum Gasteiger partial charge on any atom is 0.316 e. The Morgan fingerprint density at radius 3 is 1.89 bits per heavy atom. The van der Waals surface area contributed by atoms with Crippen LogP contribution in [0.15, 0.2) is 0 Å². The van der Waals surface area contributed by atoms with E-state index >= 15 is 0 Å². The first kappa shape index (κ1) is 14.7. The number of hydrogen-bond acceptors (Lipinski definition) is 2. The average Bonchev–Trinajstić information content (AvgIpc) is 2.28. The van der Waals surface area contributed by atoms with Gasteiger partial charge in [-0.15, -0.1) is 0 Å². The van der Waals surface area contributed by atoms with Crippen LogP contribution in [0.4, 0.5) is 13.2 Å². The third kappa shape index (κ3) is 2.54. The summed E-state index contributed by atoms with van der Waals surface area (Å²) in [5.41, 5.74) is -1.15. The van der Waals surface area contributed by atoms with Gasteiger partial charge >= 0.3 is 5.97 Å². The number of carbonyl (C=O) groups excluding carboxylic acids is 1. The van der Waals surface area contributed by atoms with Crippen LogP contribution in [0.25, 0.3) is 0 Å². The molecule has 0 aliphatic rings. The summed E-state index contributed by atoms with van der Waals surface area (Å²) in [4.78, 5) is 11.6. The minimum absolute atomic E-state index is 0.0781. The van der Waals surface area contributed by atoms with Crippen LogP contribution in [0.3, 0.4) is 0 Å². The first-order valence-electron chi connectivity index (χ1n) is 5.43. The lowest BCUT2D eigenvalue weighted by molar-refractivity contribution is -0.143. The fourth-order valence-electron chi connectivity index (χ4n) is 1.20. The zero-order chi connectivity index (χ0) is 14.2. The maximum atomic E-state index is 13.8. The van der Waals surface area contributed by atoms with Gasteiger partial charge in [0.25, 0.3) is 0 Å². The Hall–Kier alpha value is -1.39. The summed E-state index contributed by atoms with van der Waals surface area (Å²) in [6.45, 7) is 4.59. The van der Waals surface area contributed by atoms with Gasteiger partial charge in [0, 0.05) is 0 Å². The molecule has 0 bridgehead atoms. The van der Waals surface area contributed by atoms with E-state index in [-0.39, 0.29) is 10.9 Å². The Bertz CT molecular complexity index is 481. The van der Waals surface area contributed by atoms with E-state index in [1.54, 1.807) is 0 Å². The number of benzene rings is 1. The van der Waals surface area contributed by atoms with Crippen molar-refractivity contribution in [3.63, 3.8) is 0 Å². The van der Waals surface area contributed by atoms with Crippen molar-refractivity contribution >= 4 is 32.6 Å². The number of ether oxygens (including phenoxy) is 1. The highest BCUT2D eigenvalue weighted by molar-refractivity contribution is 6.48. The molecule has 0 aliphatic carbocycles. The third-order valence-electron chi connectivity index (χ3n) is 2.62. The molecule has 0 aliphatic heterocycles. The van der Waals surface area contributed by atoms with E-state index < -0.39 is 34.6 Å². The molecule has 0 aromatic heterocycles. The molecule has 1 rings (SSSR count). The van der Waals surface area contributed by atoms with Crippen molar-refractivity contribution in [1.29, 1.82) is 0 Å². The summed E-state index contributed by atoms with van der Waals surface area (Å²) >= 11 is 0. The van der Waals surface area contributed by atoms with Crippen molar-refractivity contribution in [3.8, 4) is 5.75 Å². The fraction of sp³-hybridized carbons (Fsp3) is 0.364. The third-order valence-corrected chi connectivity index (χ3v) is 2.62. The predicted octanol–water partition coefficient (Wildman–Crippen LogP) is -0.428. The summed E-state index contributed by atoms with van der Waals surface area (Å²) in [5, 5.41) is 0. The Morgan fingerprint density at radius 1 is 1.00 bits per heavy atom. The highest BCUT2D eigenvalue weighted by atomic mass is 19.2. The van der Waals surface area contributed by atoms with Gasteiger partial charge in [0.2, 0.25) is 11.6 Å². The molecule has 0 amide bonds. The number of halogens is 3. The summed E-state index contributed by atoms with van der Waals surface area (Å²) < 4.78 is 45.4. The summed E-state index contributed by atoms with van der Waals surface area (Å²) in [5.74, 6) is -5.54. The predicted molar refractivity (Wildman–Crippen MR) is 67.8 cm³/mol. The Labute approximate surface area is 105 Å². The van der Waals surface area contributed by atoms with Crippen molar-refractivity contribution in [2.75, 3.05) is 0 Å². The van der Waals surface area contributed by atoms with Crippen molar-refractivity contribution in [2.24, 2.45) is 5.41 Å². The highest BCUT2D eigenvalue weighted by Crippen LogP contribution is 2.24. The normalized spacial score (nSPS) is 11.4. The lowest BCUT2D eigenvalue weighted by atomic mass is 9.79. The molecule has 1 aromatic rings. The second-order valence-corrected chi connectivity index (χ2v) is 5.16. The molecule has 0 radical (unpaired) electrons. The van der Waals surface area contributed by atoms with Gasteiger partial charge < -0.3 is 4.74 Å². The van der Waals surface area contributed by atoms with E-state index in [9.17, 15) is 18.0 Å². The molecule has 0 saturated heterocycles. The summed E-state index contributed by atoms with van der Waals surface area (Å²) in [6.07, 6.45) is 0.